The minimum Gasteiger partial charge on any atom is -0.449 e. The van der Waals surface area contributed by atoms with Crippen molar-refractivity contribution in [1.82, 2.24) is 10.9 Å². The van der Waals surface area contributed by atoms with E-state index in [0.29, 0.717) is 5.56 Å². The Morgan fingerprint density at radius 3 is 2.44 bits per heavy atom. The number of thiophene rings is 1. The SMILES string of the molecule is Cc1ccc(/C=C/C(=O)O[C@@H](C)C(=O)NNC(=O)c2ccccc2)s1. The fourth-order valence-electron chi connectivity index (χ4n) is 1.84. The van der Waals surface area contributed by atoms with Crippen LogP contribution < -0.4 is 10.9 Å². The average Bonchev–Trinajstić information content (AvgIpc) is 3.03. The Morgan fingerprint density at radius 2 is 1.80 bits per heavy atom. The first-order chi connectivity index (χ1) is 12.0. The number of nitrogens with one attached hydrogen (secondary N) is 2. The number of carbonyl (C=O) groups is 3. The molecular weight excluding hydrogens is 340 g/mol. The van der Waals surface area contributed by atoms with Gasteiger partial charge in [-0.25, -0.2) is 4.79 Å². The molecule has 0 radical (unpaired) electrons. The lowest BCUT2D eigenvalue weighted by molar-refractivity contribution is -0.150. The molecule has 0 aliphatic carbocycles. The highest BCUT2D eigenvalue weighted by Crippen LogP contribution is 2.16. The molecule has 1 aromatic heterocycles. The van der Waals surface area contributed by atoms with Crippen LogP contribution >= 0.6 is 11.3 Å². The lowest BCUT2D eigenvalue weighted by Gasteiger charge is -2.13. The van der Waals surface area contributed by atoms with E-state index in [4.69, 9.17) is 4.74 Å². The van der Waals surface area contributed by atoms with E-state index in [2.05, 4.69) is 10.9 Å². The predicted molar refractivity (Wildman–Crippen MR) is 95.7 cm³/mol. The Labute approximate surface area is 149 Å². The highest BCUT2D eigenvalue weighted by Gasteiger charge is 2.17. The van der Waals surface area contributed by atoms with Crippen molar-refractivity contribution in [2.75, 3.05) is 0 Å². The summed E-state index contributed by atoms with van der Waals surface area (Å²) < 4.78 is 4.99. The molecule has 1 atom stereocenters. The van der Waals surface area contributed by atoms with Gasteiger partial charge >= 0.3 is 5.97 Å². The summed E-state index contributed by atoms with van der Waals surface area (Å²) in [4.78, 5) is 37.5. The molecule has 0 saturated heterocycles. The van der Waals surface area contributed by atoms with Gasteiger partial charge in [-0.1, -0.05) is 18.2 Å². The third kappa shape index (κ3) is 5.89. The van der Waals surface area contributed by atoms with E-state index in [9.17, 15) is 14.4 Å². The van der Waals surface area contributed by atoms with Gasteiger partial charge in [-0.05, 0) is 44.2 Å². The average molecular weight is 358 g/mol. The molecule has 130 valence electrons. The second-order valence-corrected chi connectivity index (χ2v) is 6.49. The van der Waals surface area contributed by atoms with Crippen LogP contribution in [0.3, 0.4) is 0 Å². The van der Waals surface area contributed by atoms with Crippen LogP contribution in [0.15, 0.2) is 48.5 Å². The highest BCUT2D eigenvalue weighted by molar-refractivity contribution is 7.12. The number of rotatable bonds is 5. The van der Waals surface area contributed by atoms with Gasteiger partial charge in [0.2, 0.25) is 0 Å². The lowest BCUT2D eigenvalue weighted by atomic mass is 10.2. The van der Waals surface area contributed by atoms with Gasteiger partial charge in [0.25, 0.3) is 11.8 Å². The number of benzene rings is 1. The smallest absolute Gasteiger partial charge is 0.331 e. The van der Waals surface area contributed by atoms with Gasteiger partial charge < -0.3 is 4.74 Å². The zero-order valence-electron chi connectivity index (χ0n) is 13.8. The quantitative estimate of drug-likeness (QED) is 0.488. The minimum atomic E-state index is -1.04. The second-order valence-electron chi connectivity index (χ2n) is 5.17. The van der Waals surface area contributed by atoms with Gasteiger partial charge in [0.05, 0.1) is 0 Å². The highest BCUT2D eigenvalue weighted by atomic mass is 32.1. The first kappa shape index (κ1) is 18.4. The number of hydrogen-bond donors (Lipinski definition) is 2. The third-order valence-electron chi connectivity index (χ3n) is 3.14. The number of amides is 2. The van der Waals surface area contributed by atoms with Gasteiger partial charge in [0, 0.05) is 21.4 Å². The summed E-state index contributed by atoms with van der Waals surface area (Å²) >= 11 is 1.54. The molecule has 0 spiro atoms. The monoisotopic (exact) mass is 358 g/mol. The van der Waals surface area contributed by atoms with Crippen molar-refractivity contribution in [3.63, 3.8) is 0 Å². The predicted octanol–water partition coefficient (Wildman–Crippen LogP) is 2.46. The van der Waals surface area contributed by atoms with Gasteiger partial charge in [-0.15, -0.1) is 11.3 Å². The van der Waals surface area contributed by atoms with Crippen molar-refractivity contribution in [3.05, 3.63) is 63.9 Å². The van der Waals surface area contributed by atoms with Crippen LogP contribution in [0.2, 0.25) is 0 Å². The fraction of sp³-hybridized carbons (Fsp3) is 0.167. The number of hydrazine groups is 1. The molecule has 2 aromatic rings. The molecule has 6 nitrogen and oxygen atoms in total. The Bertz CT molecular complexity index is 783. The zero-order chi connectivity index (χ0) is 18.2. The van der Waals surface area contributed by atoms with Crippen molar-refractivity contribution in [1.29, 1.82) is 0 Å². The van der Waals surface area contributed by atoms with Gasteiger partial charge in [-0.3, -0.25) is 20.4 Å². The molecule has 1 aromatic carbocycles. The molecule has 2 rings (SSSR count). The maximum Gasteiger partial charge on any atom is 0.331 e. The Hall–Kier alpha value is -2.93. The van der Waals surface area contributed by atoms with E-state index in [0.717, 1.165) is 9.75 Å². The topological polar surface area (TPSA) is 84.5 Å². The van der Waals surface area contributed by atoms with Gasteiger partial charge in [0.15, 0.2) is 6.10 Å². The number of hydrogen-bond acceptors (Lipinski definition) is 5. The summed E-state index contributed by atoms with van der Waals surface area (Å²) in [6, 6.07) is 12.3. The molecule has 2 N–H and O–H groups in total. The van der Waals surface area contributed by atoms with E-state index < -0.39 is 23.9 Å². The number of carbonyl (C=O) groups excluding carboxylic acids is 3. The van der Waals surface area contributed by atoms with Crippen molar-refractivity contribution in [2.45, 2.75) is 20.0 Å². The van der Waals surface area contributed by atoms with Crippen LogP contribution in [-0.2, 0) is 14.3 Å². The van der Waals surface area contributed by atoms with Crippen LogP contribution in [-0.4, -0.2) is 23.9 Å². The lowest BCUT2D eigenvalue weighted by Crippen LogP contribution is -2.46. The molecule has 7 heteroatoms. The number of aryl methyl sites for hydroxylation is 1. The van der Waals surface area contributed by atoms with E-state index in [1.165, 1.54) is 13.0 Å². The molecule has 0 fully saturated rings. The molecule has 0 aliphatic heterocycles. The number of esters is 1. The Morgan fingerprint density at radius 1 is 1.08 bits per heavy atom. The summed E-state index contributed by atoms with van der Waals surface area (Å²) in [5, 5.41) is 0. The standard InChI is InChI=1S/C18H18N2O4S/c1-12-8-9-15(25-12)10-11-16(21)24-13(2)17(22)19-20-18(23)14-6-4-3-5-7-14/h3-11,13H,1-2H3,(H,19,22)(H,20,23)/b11-10+/t13-/m0/s1. The van der Waals surface area contributed by atoms with Crippen LogP contribution in [0.1, 0.15) is 27.0 Å². The maximum absolute atomic E-state index is 11.9. The first-order valence-electron chi connectivity index (χ1n) is 7.56. The molecule has 0 unspecified atom stereocenters. The number of ether oxygens (including phenoxy) is 1. The summed E-state index contributed by atoms with van der Waals surface area (Å²) in [6.07, 6.45) is 1.85. The van der Waals surface area contributed by atoms with Crippen molar-refractivity contribution >= 4 is 35.2 Å². The molecule has 0 bridgehead atoms. The molecule has 25 heavy (non-hydrogen) atoms. The van der Waals surface area contributed by atoms with Crippen LogP contribution in [0, 0.1) is 6.92 Å². The molecular formula is C18H18N2O4S. The fourth-order valence-corrected chi connectivity index (χ4v) is 2.62. The van der Waals surface area contributed by atoms with Crippen molar-refractivity contribution in [3.8, 4) is 0 Å². The Balaban J connectivity index is 1.78. The van der Waals surface area contributed by atoms with Gasteiger partial charge in [0.1, 0.15) is 0 Å². The van der Waals surface area contributed by atoms with Crippen LogP contribution in [0.4, 0.5) is 0 Å². The third-order valence-corrected chi connectivity index (χ3v) is 4.11. The molecule has 2 amide bonds. The normalized spacial score (nSPS) is 11.8. The maximum atomic E-state index is 11.9. The molecule has 0 aliphatic rings. The van der Waals surface area contributed by atoms with Crippen LogP contribution in [0.25, 0.3) is 6.08 Å². The van der Waals surface area contributed by atoms with Gasteiger partial charge in [-0.2, -0.15) is 0 Å². The van der Waals surface area contributed by atoms with E-state index >= 15 is 0 Å². The largest absolute Gasteiger partial charge is 0.449 e. The van der Waals surface area contributed by atoms with E-state index in [1.807, 2.05) is 19.1 Å². The van der Waals surface area contributed by atoms with E-state index in [1.54, 1.807) is 47.7 Å². The first-order valence-corrected chi connectivity index (χ1v) is 8.38. The zero-order valence-corrected chi connectivity index (χ0v) is 14.6. The molecule has 0 saturated carbocycles. The summed E-state index contributed by atoms with van der Waals surface area (Å²) in [5.41, 5.74) is 4.90. The summed E-state index contributed by atoms with van der Waals surface area (Å²) in [7, 11) is 0. The van der Waals surface area contributed by atoms with Crippen molar-refractivity contribution in [2.24, 2.45) is 0 Å². The van der Waals surface area contributed by atoms with Crippen molar-refractivity contribution < 1.29 is 19.1 Å². The minimum absolute atomic E-state index is 0.404. The molecule has 1 heterocycles. The van der Waals surface area contributed by atoms with Crippen LogP contribution in [0.5, 0.6) is 0 Å². The summed E-state index contributed by atoms with van der Waals surface area (Å²) in [6.45, 7) is 3.39. The Kier molecular flexibility index (Phi) is 6.47. The van der Waals surface area contributed by atoms with E-state index in [-0.39, 0.29) is 0 Å². The second kappa shape index (κ2) is 8.79. The summed E-state index contributed by atoms with van der Waals surface area (Å²) in [5.74, 6) is -1.72.